The minimum absolute atomic E-state index is 0.473. The first-order chi connectivity index (χ1) is 7.33. The summed E-state index contributed by atoms with van der Waals surface area (Å²) in [5.41, 5.74) is 6.22. The molecular formula is C7H7F2N3O3S. The summed E-state index contributed by atoms with van der Waals surface area (Å²) in [6.45, 7) is 0. The van der Waals surface area contributed by atoms with Gasteiger partial charge in [0.2, 0.25) is 0 Å². The van der Waals surface area contributed by atoms with Crippen molar-refractivity contribution in [3.8, 4) is 0 Å². The molecule has 1 aromatic carbocycles. The number of nitrogens with two attached hydrogens (primary N) is 1. The fourth-order valence-electron chi connectivity index (χ4n) is 0.820. The molecule has 16 heavy (non-hydrogen) atoms. The molecule has 0 aromatic heterocycles. The SMILES string of the molecule is NC(=O)NNS(=O)(=O)c1ccc(F)c(F)c1. The Morgan fingerprint density at radius 1 is 1.25 bits per heavy atom. The molecule has 1 aromatic rings. The van der Waals surface area contributed by atoms with E-state index in [1.807, 2.05) is 0 Å². The number of rotatable bonds is 3. The summed E-state index contributed by atoms with van der Waals surface area (Å²) in [5, 5.41) is 0. The lowest BCUT2D eigenvalue weighted by Gasteiger charge is -2.06. The van der Waals surface area contributed by atoms with E-state index in [0.717, 1.165) is 6.07 Å². The number of hydrogen-bond acceptors (Lipinski definition) is 3. The van der Waals surface area contributed by atoms with E-state index in [2.05, 4.69) is 5.73 Å². The summed E-state index contributed by atoms with van der Waals surface area (Å²) in [4.78, 5) is 11.3. The third kappa shape index (κ3) is 2.87. The van der Waals surface area contributed by atoms with Crippen LogP contribution in [0.2, 0.25) is 0 Å². The van der Waals surface area contributed by atoms with Gasteiger partial charge in [-0.1, -0.05) is 0 Å². The highest BCUT2D eigenvalue weighted by molar-refractivity contribution is 7.89. The van der Waals surface area contributed by atoms with Gasteiger partial charge in [-0.05, 0) is 18.2 Å². The maximum atomic E-state index is 12.7. The number of carbonyl (C=O) groups excluding carboxylic acids is 1. The maximum absolute atomic E-state index is 12.7. The topological polar surface area (TPSA) is 101 Å². The second-order valence-electron chi connectivity index (χ2n) is 2.67. The van der Waals surface area contributed by atoms with Gasteiger partial charge in [0.05, 0.1) is 4.90 Å². The van der Waals surface area contributed by atoms with Gasteiger partial charge in [-0.3, -0.25) is 5.43 Å². The molecule has 0 bridgehead atoms. The maximum Gasteiger partial charge on any atom is 0.327 e. The number of benzene rings is 1. The Balaban J connectivity index is 2.99. The van der Waals surface area contributed by atoms with Gasteiger partial charge >= 0.3 is 6.03 Å². The summed E-state index contributed by atoms with van der Waals surface area (Å²) in [5.74, 6) is -2.50. The van der Waals surface area contributed by atoms with Crippen LogP contribution in [0.1, 0.15) is 0 Å². The average molecular weight is 251 g/mol. The molecule has 0 saturated heterocycles. The van der Waals surface area contributed by atoms with Crippen molar-refractivity contribution in [3.05, 3.63) is 29.8 Å². The van der Waals surface area contributed by atoms with Gasteiger partial charge in [0, 0.05) is 0 Å². The van der Waals surface area contributed by atoms with Crippen molar-refractivity contribution in [2.75, 3.05) is 0 Å². The Bertz CT molecular complexity index is 518. The zero-order valence-electron chi connectivity index (χ0n) is 7.70. The molecular weight excluding hydrogens is 244 g/mol. The second kappa shape index (κ2) is 4.41. The van der Waals surface area contributed by atoms with Crippen LogP contribution in [0.15, 0.2) is 23.1 Å². The van der Waals surface area contributed by atoms with Crippen molar-refractivity contribution in [1.82, 2.24) is 10.3 Å². The van der Waals surface area contributed by atoms with Crippen molar-refractivity contribution in [1.29, 1.82) is 0 Å². The van der Waals surface area contributed by atoms with Crippen molar-refractivity contribution >= 4 is 16.1 Å². The van der Waals surface area contributed by atoms with Gasteiger partial charge in [-0.2, -0.15) is 0 Å². The van der Waals surface area contributed by atoms with Crippen molar-refractivity contribution in [3.63, 3.8) is 0 Å². The molecule has 0 heterocycles. The lowest BCUT2D eigenvalue weighted by Crippen LogP contribution is -2.44. The Kier molecular flexibility index (Phi) is 3.40. The zero-order valence-corrected chi connectivity index (χ0v) is 8.51. The smallest absolute Gasteiger partial charge is 0.327 e. The van der Waals surface area contributed by atoms with Crippen molar-refractivity contribution in [2.24, 2.45) is 5.73 Å². The summed E-state index contributed by atoms with van der Waals surface area (Å²) in [7, 11) is -4.16. The fraction of sp³-hybridized carbons (Fsp3) is 0. The van der Waals surface area contributed by atoms with Gasteiger partial charge in [0.25, 0.3) is 10.0 Å². The Morgan fingerprint density at radius 2 is 1.88 bits per heavy atom. The van der Waals surface area contributed by atoms with E-state index in [4.69, 9.17) is 0 Å². The van der Waals surface area contributed by atoms with Crippen LogP contribution in [-0.4, -0.2) is 14.4 Å². The standard InChI is InChI=1S/C7H7F2N3O3S/c8-5-2-1-4(3-6(5)9)16(14,15)12-11-7(10)13/h1-3,12H,(H3,10,11,13). The van der Waals surface area contributed by atoms with E-state index < -0.39 is 32.6 Å². The first kappa shape index (κ1) is 12.3. The van der Waals surface area contributed by atoms with Gasteiger partial charge in [-0.15, -0.1) is 4.83 Å². The van der Waals surface area contributed by atoms with E-state index in [1.54, 1.807) is 10.3 Å². The van der Waals surface area contributed by atoms with E-state index in [0.29, 0.717) is 12.1 Å². The third-order valence-electron chi connectivity index (χ3n) is 1.51. The largest absolute Gasteiger partial charge is 0.351 e. The van der Waals surface area contributed by atoms with E-state index in [9.17, 15) is 22.0 Å². The molecule has 0 spiro atoms. The van der Waals surface area contributed by atoms with E-state index in [-0.39, 0.29) is 0 Å². The number of amides is 2. The summed E-state index contributed by atoms with van der Waals surface area (Å²) in [6.07, 6.45) is 0. The number of carbonyl (C=O) groups is 1. The molecule has 0 unspecified atom stereocenters. The van der Waals surface area contributed by atoms with Crippen LogP contribution in [0.3, 0.4) is 0 Å². The van der Waals surface area contributed by atoms with Crippen molar-refractivity contribution in [2.45, 2.75) is 4.90 Å². The van der Waals surface area contributed by atoms with Crippen LogP contribution >= 0.6 is 0 Å². The highest BCUT2D eigenvalue weighted by Crippen LogP contribution is 2.12. The van der Waals surface area contributed by atoms with Gasteiger partial charge in [-0.25, -0.2) is 22.0 Å². The number of hydrogen-bond donors (Lipinski definition) is 3. The monoisotopic (exact) mass is 251 g/mol. The molecule has 6 nitrogen and oxygen atoms in total. The van der Waals surface area contributed by atoms with Crippen molar-refractivity contribution < 1.29 is 22.0 Å². The molecule has 0 radical (unpaired) electrons. The number of halogens is 2. The summed E-state index contributed by atoms with van der Waals surface area (Å²) >= 11 is 0. The van der Waals surface area contributed by atoms with E-state index in [1.165, 1.54) is 0 Å². The summed E-state index contributed by atoms with van der Waals surface area (Å²) < 4.78 is 47.9. The molecule has 1 rings (SSSR count). The Hall–Kier alpha value is -1.74. The highest BCUT2D eigenvalue weighted by Gasteiger charge is 2.16. The van der Waals surface area contributed by atoms with Crippen LogP contribution in [0.25, 0.3) is 0 Å². The molecule has 9 heteroatoms. The fourth-order valence-corrected chi connectivity index (χ4v) is 1.68. The molecule has 4 N–H and O–H groups in total. The Labute approximate surface area is 89.5 Å². The normalized spacial score (nSPS) is 11.1. The van der Waals surface area contributed by atoms with Crippen LogP contribution in [0.5, 0.6) is 0 Å². The number of sulfonamides is 1. The molecule has 88 valence electrons. The predicted octanol–water partition coefficient (Wildman–Crippen LogP) is -0.174. The number of hydrazine groups is 1. The van der Waals surface area contributed by atoms with Crippen LogP contribution in [0, 0.1) is 11.6 Å². The van der Waals surface area contributed by atoms with Gasteiger partial charge < -0.3 is 5.73 Å². The number of primary amides is 1. The zero-order chi connectivity index (χ0) is 12.3. The first-order valence-electron chi connectivity index (χ1n) is 3.85. The predicted molar refractivity (Wildman–Crippen MR) is 49.4 cm³/mol. The number of urea groups is 1. The highest BCUT2D eigenvalue weighted by atomic mass is 32.2. The molecule has 2 amide bonds. The van der Waals surface area contributed by atoms with Gasteiger partial charge in [0.15, 0.2) is 11.6 Å². The lowest BCUT2D eigenvalue weighted by atomic mass is 10.3. The first-order valence-corrected chi connectivity index (χ1v) is 5.33. The van der Waals surface area contributed by atoms with Crippen LogP contribution in [0.4, 0.5) is 13.6 Å². The number of nitrogens with one attached hydrogen (secondary N) is 2. The molecule has 0 aliphatic carbocycles. The van der Waals surface area contributed by atoms with Gasteiger partial charge in [0.1, 0.15) is 0 Å². The second-order valence-corrected chi connectivity index (χ2v) is 4.35. The Morgan fingerprint density at radius 3 is 2.38 bits per heavy atom. The molecule has 0 aliphatic rings. The molecule has 0 saturated carbocycles. The minimum atomic E-state index is -4.16. The van der Waals surface area contributed by atoms with E-state index >= 15 is 0 Å². The third-order valence-corrected chi connectivity index (χ3v) is 2.76. The minimum Gasteiger partial charge on any atom is -0.351 e. The lowest BCUT2D eigenvalue weighted by molar-refractivity contribution is 0.247. The average Bonchev–Trinajstić information content (AvgIpc) is 2.19. The molecule has 0 aliphatic heterocycles. The summed E-state index contributed by atoms with van der Waals surface area (Å²) in [6, 6.07) is 0.823. The molecule has 0 fully saturated rings. The van der Waals surface area contributed by atoms with Crippen LogP contribution in [-0.2, 0) is 10.0 Å². The molecule has 0 atom stereocenters. The van der Waals surface area contributed by atoms with Crippen LogP contribution < -0.4 is 16.0 Å². The quantitative estimate of drug-likeness (QED) is 0.650.